The van der Waals surface area contributed by atoms with E-state index in [9.17, 15) is 14.9 Å². The number of carbonyl (C=O) groups excluding carboxylic acids is 1. The molecule has 3 aromatic rings. The van der Waals surface area contributed by atoms with E-state index in [1.807, 2.05) is 43.3 Å². The Kier molecular flexibility index (Phi) is 8.60. The number of hydrogen-bond donors (Lipinski definition) is 0. The second kappa shape index (κ2) is 10.7. The third kappa shape index (κ3) is 5.69. The van der Waals surface area contributed by atoms with Gasteiger partial charge in [-0.05, 0) is 44.1 Å². The highest BCUT2D eigenvalue weighted by atomic mass is 35.5. The molecule has 0 saturated carbocycles. The van der Waals surface area contributed by atoms with Crippen LogP contribution in [0.4, 0.5) is 10.8 Å². The number of benzene rings is 2. The Balaban J connectivity index is 0.00000320. The van der Waals surface area contributed by atoms with Crippen LogP contribution >= 0.6 is 35.5 Å². The largest absolute Gasteiger partial charge is 0.308 e. The number of amides is 1. The topological polar surface area (TPSA) is 79.6 Å². The van der Waals surface area contributed by atoms with Crippen LogP contribution in [0.15, 0.2) is 47.4 Å². The van der Waals surface area contributed by atoms with E-state index in [0.717, 1.165) is 10.6 Å². The molecule has 0 aliphatic heterocycles. The molecule has 0 atom stereocenters. The monoisotopic (exact) mass is 466 g/mol. The van der Waals surface area contributed by atoms with Crippen LogP contribution in [-0.4, -0.2) is 53.7 Å². The van der Waals surface area contributed by atoms with Gasteiger partial charge in [-0.1, -0.05) is 24.3 Å². The molecule has 0 bridgehead atoms. The maximum Gasteiger partial charge on any atom is 0.270 e. The summed E-state index contributed by atoms with van der Waals surface area (Å²) >= 11 is 2.98. The Labute approximate surface area is 189 Å². The van der Waals surface area contributed by atoms with E-state index < -0.39 is 4.92 Å². The lowest BCUT2D eigenvalue weighted by molar-refractivity contribution is -0.384. The van der Waals surface area contributed by atoms with E-state index in [2.05, 4.69) is 11.9 Å². The van der Waals surface area contributed by atoms with Crippen LogP contribution in [0.1, 0.15) is 17.3 Å². The second-order valence-corrected chi connectivity index (χ2v) is 8.97. The van der Waals surface area contributed by atoms with Gasteiger partial charge in [0.1, 0.15) is 0 Å². The number of halogens is 1. The number of fused-ring (bicyclic) bond motifs is 1. The highest BCUT2D eigenvalue weighted by Gasteiger charge is 2.22. The van der Waals surface area contributed by atoms with Gasteiger partial charge in [0.2, 0.25) is 0 Å². The molecule has 0 saturated heterocycles. The molecule has 0 unspecified atom stereocenters. The van der Waals surface area contributed by atoms with E-state index in [4.69, 9.17) is 0 Å². The Bertz CT molecular complexity index is 1040. The number of nitro benzene ring substituents is 1. The summed E-state index contributed by atoms with van der Waals surface area (Å²) in [7, 11) is 3.89. The first kappa shape index (κ1) is 24.1. The first-order chi connectivity index (χ1) is 13.9. The number of aromatic nitrogens is 1. The lowest BCUT2D eigenvalue weighted by Gasteiger charge is -2.22. The lowest BCUT2D eigenvalue weighted by atomic mass is 10.2. The number of thioether (sulfide) groups is 1. The number of anilines is 1. The van der Waals surface area contributed by atoms with Crippen LogP contribution in [0.2, 0.25) is 0 Å². The summed E-state index contributed by atoms with van der Waals surface area (Å²) in [5.41, 5.74) is 1.27. The molecule has 1 aromatic heterocycles. The van der Waals surface area contributed by atoms with Gasteiger partial charge in [0, 0.05) is 35.7 Å². The minimum Gasteiger partial charge on any atom is -0.308 e. The average molecular weight is 467 g/mol. The summed E-state index contributed by atoms with van der Waals surface area (Å²) in [6, 6.07) is 12.1. The van der Waals surface area contributed by atoms with Crippen molar-refractivity contribution >= 4 is 62.4 Å². The number of nitrogens with zero attached hydrogens (tertiary/aromatic N) is 4. The van der Waals surface area contributed by atoms with Gasteiger partial charge in [-0.25, -0.2) is 4.98 Å². The molecule has 1 amide bonds. The maximum absolute atomic E-state index is 13.3. The number of nitro groups is 1. The molecular formula is C20H23ClN4O3S2. The Morgan fingerprint density at radius 1 is 1.20 bits per heavy atom. The van der Waals surface area contributed by atoms with E-state index in [-0.39, 0.29) is 24.0 Å². The smallest absolute Gasteiger partial charge is 0.270 e. The van der Waals surface area contributed by atoms with Crippen LogP contribution in [0.5, 0.6) is 0 Å². The number of non-ortho nitro benzene ring substituents is 1. The quantitative estimate of drug-likeness (QED) is 0.265. The zero-order valence-corrected chi connectivity index (χ0v) is 19.4. The molecule has 3 rings (SSSR count). The second-order valence-electron chi connectivity index (χ2n) is 6.63. The average Bonchev–Trinajstić information content (AvgIpc) is 3.11. The van der Waals surface area contributed by atoms with E-state index in [0.29, 0.717) is 34.0 Å². The van der Waals surface area contributed by atoms with Crippen molar-refractivity contribution in [2.45, 2.75) is 11.8 Å². The zero-order chi connectivity index (χ0) is 21.0. The molecular weight excluding hydrogens is 444 g/mol. The molecule has 30 heavy (non-hydrogen) atoms. The fraction of sp³-hybridized carbons (Fsp3) is 0.300. The molecule has 0 spiro atoms. The number of carbonyl (C=O) groups is 1. The van der Waals surface area contributed by atoms with Crippen molar-refractivity contribution in [3.63, 3.8) is 0 Å². The molecule has 160 valence electrons. The van der Waals surface area contributed by atoms with Gasteiger partial charge in [0.05, 0.1) is 15.1 Å². The van der Waals surface area contributed by atoms with Gasteiger partial charge in [0.15, 0.2) is 5.13 Å². The van der Waals surface area contributed by atoms with Crippen LogP contribution in [0.3, 0.4) is 0 Å². The predicted molar refractivity (Wildman–Crippen MR) is 127 cm³/mol. The SMILES string of the molecule is CCSc1cccc(C(=O)N(CCN(C)C)c2nc3ccc([N+](=O)[O-])cc3s2)c1.Cl. The molecule has 0 aliphatic rings. The normalized spacial score (nSPS) is 10.8. The molecule has 7 nitrogen and oxygen atoms in total. The van der Waals surface area contributed by atoms with Gasteiger partial charge < -0.3 is 4.90 Å². The van der Waals surface area contributed by atoms with Gasteiger partial charge in [-0.2, -0.15) is 0 Å². The molecule has 0 N–H and O–H groups in total. The molecule has 2 aromatic carbocycles. The van der Waals surface area contributed by atoms with E-state index in [1.54, 1.807) is 22.7 Å². The number of hydrogen-bond acceptors (Lipinski definition) is 7. The number of likely N-dealkylation sites (N-methyl/N-ethyl adjacent to an activating group) is 1. The maximum atomic E-state index is 13.3. The molecule has 0 radical (unpaired) electrons. The highest BCUT2D eigenvalue weighted by Crippen LogP contribution is 2.32. The number of thiazole rings is 1. The van der Waals surface area contributed by atoms with Crippen molar-refractivity contribution in [2.24, 2.45) is 0 Å². The van der Waals surface area contributed by atoms with Crippen molar-refractivity contribution < 1.29 is 9.72 Å². The Morgan fingerprint density at radius 2 is 1.97 bits per heavy atom. The van der Waals surface area contributed by atoms with Gasteiger partial charge >= 0.3 is 0 Å². The summed E-state index contributed by atoms with van der Waals surface area (Å²) in [4.78, 5) is 33.2. The summed E-state index contributed by atoms with van der Waals surface area (Å²) in [5, 5.41) is 11.6. The van der Waals surface area contributed by atoms with Crippen molar-refractivity contribution in [1.82, 2.24) is 9.88 Å². The van der Waals surface area contributed by atoms with Gasteiger partial charge in [-0.3, -0.25) is 19.8 Å². The van der Waals surface area contributed by atoms with Crippen molar-refractivity contribution in [3.8, 4) is 0 Å². The summed E-state index contributed by atoms with van der Waals surface area (Å²) < 4.78 is 0.687. The molecule has 0 aliphatic carbocycles. The minimum absolute atomic E-state index is 0. The third-order valence-corrected chi connectivity index (χ3v) is 6.13. The highest BCUT2D eigenvalue weighted by molar-refractivity contribution is 7.99. The first-order valence-corrected chi connectivity index (χ1v) is 10.9. The standard InChI is InChI=1S/C20H22N4O3S2.ClH/c1-4-28-16-7-5-6-14(12-16)19(25)23(11-10-22(2)3)20-21-17-9-8-15(24(26)27)13-18(17)29-20;/h5-9,12-13H,4,10-11H2,1-3H3;1H. The third-order valence-electron chi connectivity index (χ3n) is 4.21. The van der Waals surface area contributed by atoms with Crippen LogP contribution in [0, 0.1) is 10.1 Å². The van der Waals surface area contributed by atoms with Gasteiger partial charge in [0.25, 0.3) is 11.6 Å². The predicted octanol–water partition coefficient (Wildman–Crippen LogP) is 4.95. The fourth-order valence-corrected chi connectivity index (χ4v) is 4.50. The summed E-state index contributed by atoms with van der Waals surface area (Å²) in [6.07, 6.45) is 0. The minimum atomic E-state index is -0.426. The summed E-state index contributed by atoms with van der Waals surface area (Å²) in [6.45, 7) is 3.22. The molecule has 10 heteroatoms. The zero-order valence-electron chi connectivity index (χ0n) is 16.9. The van der Waals surface area contributed by atoms with E-state index >= 15 is 0 Å². The van der Waals surface area contributed by atoms with Gasteiger partial charge in [-0.15, -0.1) is 24.2 Å². The summed E-state index contributed by atoms with van der Waals surface area (Å²) in [5.74, 6) is 0.803. The lowest BCUT2D eigenvalue weighted by Crippen LogP contribution is -2.36. The van der Waals surface area contributed by atoms with Crippen molar-refractivity contribution in [2.75, 3.05) is 37.8 Å². The molecule has 1 heterocycles. The Hall–Kier alpha value is -2.20. The van der Waals surface area contributed by atoms with Crippen LogP contribution in [0.25, 0.3) is 10.2 Å². The van der Waals surface area contributed by atoms with E-state index in [1.165, 1.54) is 23.5 Å². The van der Waals surface area contributed by atoms with Crippen molar-refractivity contribution in [1.29, 1.82) is 0 Å². The first-order valence-electron chi connectivity index (χ1n) is 9.13. The van der Waals surface area contributed by atoms with Crippen LogP contribution < -0.4 is 4.90 Å². The Morgan fingerprint density at radius 3 is 2.63 bits per heavy atom. The van der Waals surface area contributed by atoms with Crippen LogP contribution in [-0.2, 0) is 0 Å². The molecule has 0 fully saturated rings. The number of rotatable bonds is 8. The fourth-order valence-electron chi connectivity index (χ4n) is 2.76. The van der Waals surface area contributed by atoms with Crippen molar-refractivity contribution in [3.05, 3.63) is 58.1 Å².